The minimum absolute atomic E-state index is 0.165. The molecule has 0 aromatic heterocycles. The van der Waals surface area contributed by atoms with Crippen LogP contribution in [-0.2, 0) is 4.74 Å². The van der Waals surface area contributed by atoms with E-state index in [1.807, 2.05) is 25.7 Å². The van der Waals surface area contributed by atoms with Gasteiger partial charge >= 0.3 is 6.09 Å². The van der Waals surface area contributed by atoms with Crippen molar-refractivity contribution in [3.63, 3.8) is 0 Å². The highest BCUT2D eigenvalue weighted by Gasteiger charge is 2.30. The van der Waals surface area contributed by atoms with Crippen molar-refractivity contribution in [1.29, 1.82) is 0 Å². The van der Waals surface area contributed by atoms with Crippen LogP contribution >= 0.6 is 15.9 Å². The van der Waals surface area contributed by atoms with Crippen LogP contribution in [0.15, 0.2) is 22.7 Å². The average Bonchev–Trinajstić information content (AvgIpc) is 2.62. The van der Waals surface area contributed by atoms with Crippen molar-refractivity contribution in [2.45, 2.75) is 65.0 Å². The topological polar surface area (TPSA) is 42.0 Å². The molecule has 1 heterocycles. The summed E-state index contributed by atoms with van der Waals surface area (Å²) < 4.78 is 25.0. The van der Waals surface area contributed by atoms with E-state index in [0.717, 1.165) is 45.3 Å². The molecule has 29 heavy (non-hydrogen) atoms. The van der Waals surface area contributed by atoms with Crippen molar-refractivity contribution in [2.75, 3.05) is 32.8 Å². The number of ether oxygens (including phenoxy) is 2. The molecule has 1 fully saturated rings. The van der Waals surface area contributed by atoms with Crippen molar-refractivity contribution in [1.82, 2.24) is 9.80 Å². The van der Waals surface area contributed by atoms with E-state index in [1.165, 1.54) is 6.07 Å². The molecule has 0 saturated carbocycles. The lowest BCUT2D eigenvalue weighted by Gasteiger charge is -2.40. The molecule has 5 nitrogen and oxygen atoms in total. The minimum Gasteiger partial charge on any atom is -0.493 e. The lowest BCUT2D eigenvalue weighted by Crippen LogP contribution is -2.55. The molecule has 1 aliphatic rings. The third-order valence-corrected chi connectivity index (χ3v) is 5.51. The third kappa shape index (κ3) is 8.51. The second kappa shape index (κ2) is 11.2. The maximum absolute atomic E-state index is 13.4. The number of hydrogen-bond acceptors (Lipinski definition) is 4. The Bertz CT molecular complexity index is 666. The highest BCUT2D eigenvalue weighted by Crippen LogP contribution is 2.21. The molecule has 0 aliphatic carbocycles. The Balaban J connectivity index is 1.56. The van der Waals surface area contributed by atoms with Crippen LogP contribution in [0.2, 0.25) is 0 Å². The van der Waals surface area contributed by atoms with Gasteiger partial charge in [0.05, 0.1) is 11.1 Å². The van der Waals surface area contributed by atoms with E-state index in [1.54, 1.807) is 12.1 Å². The van der Waals surface area contributed by atoms with Gasteiger partial charge in [0.25, 0.3) is 0 Å². The number of halogens is 2. The zero-order valence-electron chi connectivity index (χ0n) is 18.0. The zero-order chi connectivity index (χ0) is 21.4. The van der Waals surface area contributed by atoms with E-state index >= 15 is 0 Å². The fourth-order valence-corrected chi connectivity index (χ4v) is 3.62. The molecule has 1 aliphatic heterocycles. The Kier molecular flexibility index (Phi) is 9.21. The molecule has 1 aromatic carbocycles. The molecule has 0 spiro atoms. The minimum atomic E-state index is -0.455. The summed E-state index contributed by atoms with van der Waals surface area (Å²) in [5.41, 5.74) is -0.455. The summed E-state index contributed by atoms with van der Waals surface area (Å²) in [6, 6.07) is 5.00. The molecule has 1 amide bonds. The first kappa shape index (κ1) is 23.9. The van der Waals surface area contributed by atoms with Crippen molar-refractivity contribution >= 4 is 22.0 Å². The number of piperazine rings is 1. The molecule has 2 rings (SSSR count). The molecule has 0 radical (unpaired) electrons. The predicted octanol–water partition coefficient (Wildman–Crippen LogP) is 5.47. The number of amides is 1. The summed E-state index contributed by atoms with van der Waals surface area (Å²) in [5, 5.41) is 0. The van der Waals surface area contributed by atoms with Crippen molar-refractivity contribution in [3.8, 4) is 5.75 Å². The highest BCUT2D eigenvalue weighted by atomic mass is 79.9. The fourth-order valence-electron chi connectivity index (χ4n) is 3.38. The fraction of sp³-hybridized carbons (Fsp3) is 0.682. The molecular weight excluding hydrogens is 439 g/mol. The van der Waals surface area contributed by atoms with E-state index in [4.69, 9.17) is 9.47 Å². The first-order valence-corrected chi connectivity index (χ1v) is 11.2. The molecule has 0 N–H and O–H groups in total. The number of hydrogen-bond donors (Lipinski definition) is 0. The third-order valence-electron chi connectivity index (χ3n) is 4.87. The lowest BCUT2D eigenvalue weighted by molar-refractivity contribution is 0.00134. The molecule has 164 valence electrons. The lowest BCUT2D eigenvalue weighted by atomic mass is 10.1. The van der Waals surface area contributed by atoms with Crippen molar-refractivity contribution in [3.05, 3.63) is 28.5 Å². The van der Waals surface area contributed by atoms with Gasteiger partial charge in [-0.3, -0.25) is 4.90 Å². The van der Waals surface area contributed by atoms with Gasteiger partial charge in [0.2, 0.25) is 0 Å². The van der Waals surface area contributed by atoms with Crippen LogP contribution in [0, 0.1) is 5.82 Å². The van der Waals surface area contributed by atoms with Gasteiger partial charge in [-0.2, -0.15) is 0 Å². The van der Waals surface area contributed by atoms with Crippen LogP contribution in [0.1, 0.15) is 53.4 Å². The van der Waals surface area contributed by atoms with E-state index in [2.05, 4.69) is 27.8 Å². The van der Waals surface area contributed by atoms with Gasteiger partial charge in [-0.05, 0) is 75.1 Å². The predicted molar refractivity (Wildman–Crippen MR) is 117 cm³/mol. The number of rotatable bonds is 8. The SMILES string of the molecule is C[C@H]1CN(CCCCCCOc2ccc(Br)c(F)c2)CCN1C(=O)OC(C)(C)C. The van der Waals surface area contributed by atoms with Crippen LogP contribution < -0.4 is 4.74 Å². The van der Waals surface area contributed by atoms with Crippen LogP contribution in [0.25, 0.3) is 0 Å². The second-order valence-electron chi connectivity index (χ2n) is 8.66. The normalized spacial score (nSPS) is 18.0. The number of carbonyl (C=O) groups excluding carboxylic acids is 1. The molecular formula is C22H34BrFN2O3. The standard InChI is InChI=1S/C22H34BrFN2O3/c1-17-16-25(12-13-26(17)21(27)29-22(2,3)4)11-7-5-6-8-14-28-18-9-10-19(23)20(24)15-18/h9-10,15,17H,5-8,11-14,16H2,1-4H3/t17-/m0/s1. The van der Waals surface area contributed by atoms with Gasteiger partial charge in [-0.25, -0.2) is 9.18 Å². The highest BCUT2D eigenvalue weighted by molar-refractivity contribution is 9.10. The van der Waals surface area contributed by atoms with E-state index in [9.17, 15) is 9.18 Å². The summed E-state index contributed by atoms with van der Waals surface area (Å²) in [6.45, 7) is 11.9. The summed E-state index contributed by atoms with van der Waals surface area (Å²) in [6.07, 6.45) is 4.10. The molecule has 1 atom stereocenters. The Morgan fingerprint density at radius 1 is 1.21 bits per heavy atom. The Hall–Kier alpha value is -1.34. The average molecular weight is 473 g/mol. The molecule has 0 unspecified atom stereocenters. The number of benzene rings is 1. The Labute approximate surface area is 182 Å². The summed E-state index contributed by atoms with van der Waals surface area (Å²) in [5.74, 6) is 0.269. The maximum atomic E-state index is 13.4. The number of nitrogens with zero attached hydrogens (tertiary/aromatic N) is 2. The quantitative estimate of drug-likeness (QED) is 0.470. The smallest absolute Gasteiger partial charge is 0.410 e. The first-order valence-electron chi connectivity index (χ1n) is 10.5. The van der Waals surface area contributed by atoms with Gasteiger partial charge in [-0.15, -0.1) is 0 Å². The van der Waals surface area contributed by atoms with Crippen LogP contribution in [-0.4, -0.2) is 60.3 Å². The van der Waals surface area contributed by atoms with Crippen LogP contribution in [0.3, 0.4) is 0 Å². The van der Waals surface area contributed by atoms with Gasteiger partial charge in [-0.1, -0.05) is 12.8 Å². The van der Waals surface area contributed by atoms with Crippen LogP contribution in [0.5, 0.6) is 5.75 Å². The maximum Gasteiger partial charge on any atom is 0.410 e. The molecule has 0 bridgehead atoms. The number of carbonyl (C=O) groups is 1. The molecule has 7 heteroatoms. The van der Waals surface area contributed by atoms with E-state index in [-0.39, 0.29) is 18.0 Å². The van der Waals surface area contributed by atoms with Gasteiger partial charge in [0.1, 0.15) is 17.2 Å². The van der Waals surface area contributed by atoms with E-state index in [0.29, 0.717) is 23.4 Å². The Morgan fingerprint density at radius 2 is 1.93 bits per heavy atom. The summed E-state index contributed by atoms with van der Waals surface area (Å²) in [7, 11) is 0. The second-order valence-corrected chi connectivity index (χ2v) is 9.52. The summed E-state index contributed by atoms with van der Waals surface area (Å²) in [4.78, 5) is 16.5. The first-order chi connectivity index (χ1) is 13.7. The van der Waals surface area contributed by atoms with Crippen molar-refractivity contribution in [2.24, 2.45) is 0 Å². The van der Waals surface area contributed by atoms with Gasteiger partial charge in [0.15, 0.2) is 0 Å². The van der Waals surface area contributed by atoms with Crippen LogP contribution in [0.4, 0.5) is 9.18 Å². The van der Waals surface area contributed by atoms with Crippen molar-refractivity contribution < 1.29 is 18.7 Å². The van der Waals surface area contributed by atoms with Gasteiger partial charge in [0, 0.05) is 31.7 Å². The van der Waals surface area contributed by atoms with Gasteiger partial charge < -0.3 is 14.4 Å². The zero-order valence-corrected chi connectivity index (χ0v) is 19.6. The molecule has 1 saturated heterocycles. The van der Waals surface area contributed by atoms with E-state index < -0.39 is 5.60 Å². The summed E-state index contributed by atoms with van der Waals surface area (Å²) >= 11 is 3.14. The molecule has 1 aromatic rings. The number of unbranched alkanes of at least 4 members (excludes halogenated alkanes) is 3. The monoisotopic (exact) mass is 472 g/mol. The Morgan fingerprint density at radius 3 is 2.59 bits per heavy atom. The largest absolute Gasteiger partial charge is 0.493 e.